The van der Waals surface area contributed by atoms with Crippen LogP contribution in [-0.4, -0.2) is 38.5 Å². The van der Waals surface area contributed by atoms with Crippen molar-refractivity contribution in [3.63, 3.8) is 0 Å². The lowest BCUT2D eigenvalue weighted by Crippen LogP contribution is -2.44. The topological polar surface area (TPSA) is 46.6 Å². The number of thiophene rings is 1. The number of morpholine rings is 1. The Morgan fingerprint density at radius 3 is 3.06 bits per heavy atom. The van der Waals surface area contributed by atoms with E-state index in [9.17, 15) is 8.42 Å². The van der Waals surface area contributed by atoms with Crippen molar-refractivity contribution < 1.29 is 13.2 Å². The van der Waals surface area contributed by atoms with Crippen LogP contribution in [0.5, 0.6) is 0 Å². The molecule has 17 heavy (non-hydrogen) atoms. The molecule has 1 aromatic heterocycles. The summed E-state index contributed by atoms with van der Waals surface area (Å²) in [5.41, 5.74) is 0. The van der Waals surface area contributed by atoms with Gasteiger partial charge >= 0.3 is 0 Å². The Morgan fingerprint density at radius 2 is 2.41 bits per heavy atom. The molecule has 0 aromatic carbocycles. The second kappa shape index (κ2) is 5.24. The van der Waals surface area contributed by atoms with Crippen LogP contribution in [0.2, 0.25) is 0 Å². The molecule has 1 aliphatic rings. The van der Waals surface area contributed by atoms with Crippen molar-refractivity contribution >= 4 is 33.0 Å². The Kier molecular flexibility index (Phi) is 4.10. The van der Waals surface area contributed by atoms with Gasteiger partial charge in [0.2, 0.25) is 10.0 Å². The van der Waals surface area contributed by atoms with Gasteiger partial charge in [-0.05, 0) is 18.4 Å². The van der Waals surface area contributed by atoms with Crippen LogP contribution in [-0.2, 0) is 20.6 Å². The van der Waals surface area contributed by atoms with Gasteiger partial charge in [0.25, 0.3) is 0 Å². The lowest BCUT2D eigenvalue weighted by Gasteiger charge is -2.30. The molecule has 0 N–H and O–H groups in total. The third kappa shape index (κ3) is 2.66. The Morgan fingerprint density at radius 1 is 1.65 bits per heavy atom. The highest BCUT2D eigenvalue weighted by Crippen LogP contribution is 2.27. The van der Waals surface area contributed by atoms with Crippen molar-refractivity contribution in [2.45, 2.75) is 23.8 Å². The molecule has 96 valence electrons. The van der Waals surface area contributed by atoms with Crippen LogP contribution >= 0.6 is 22.9 Å². The number of hydrogen-bond donors (Lipinski definition) is 0. The largest absolute Gasteiger partial charge is 0.376 e. The van der Waals surface area contributed by atoms with E-state index in [-0.39, 0.29) is 12.0 Å². The fourth-order valence-corrected chi connectivity index (χ4v) is 4.97. The Hall–Kier alpha value is -0.140. The molecule has 0 spiro atoms. The molecule has 1 unspecified atom stereocenters. The minimum atomic E-state index is -3.42. The maximum atomic E-state index is 12.4. The molecule has 1 fully saturated rings. The highest BCUT2D eigenvalue weighted by Gasteiger charge is 2.31. The molecular formula is C10H14ClNO3S2. The molecular weight excluding hydrogens is 282 g/mol. The minimum absolute atomic E-state index is 0.0587. The zero-order valence-electron chi connectivity index (χ0n) is 9.43. The first kappa shape index (κ1) is 13.3. The average molecular weight is 296 g/mol. The van der Waals surface area contributed by atoms with Gasteiger partial charge in [0, 0.05) is 18.0 Å². The molecule has 2 heterocycles. The van der Waals surface area contributed by atoms with Crippen molar-refractivity contribution in [3.05, 3.63) is 16.3 Å². The fraction of sp³-hybridized carbons (Fsp3) is 0.600. The van der Waals surface area contributed by atoms with Crippen molar-refractivity contribution in [1.29, 1.82) is 0 Å². The molecule has 1 aliphatic heterocycles. The van der Waals surface area contributed by atoms with E-state index in [0.717, 1.165) is 0 Å². The SMILES string of the molecule is CC1CN(S(=O)(=O)c2ccsc2CCl)CCO1. The van der Waals surface area contributed by atoms with E-state index in [1.54, 1.807) is 11.4 Å². The van der Waals surface area contributed by atoms with Crippen molar-refractivity contribution in [3.8, 4) is 0 Å². The third-order valence-electron chi connectivity index (χ3n) is 2.65. The fourth-order valence-electron chi connectivity index (χ4n) is 1.80. The maximum Gasteiger partial charge on any atom is 0.244 e. The van der Waals surface area contributed by atoms with Crippen LogP contribution in [0, 0.1) is 0 Å². The van der Waals surface area contributed by atoms with E-state index in [4.69, 9.17) is 16.3 Å². The van der Waals surface area contributed by atoms with Crippen LogP contribution in [0.15, 0.2) is 16.3 Å². The zero-order chi connectivity index (χ0) is 12.5. The number of nitrogens with zero attached hydrogens (tertiary/aromatic N) is 1. The number of alkyl halides is 1. The summed E-state index contributed by atoms with van der Waals surface area (Å²) in [5.74, 6) is 0.228. The lowest BCUT2D eigenvalue weighted by atomic mass is 10.3. The van der Waals surface area contributed by atoms with E-state index >= 15 is 0 Å². The predicted molar refractivity (Wildman–Crippen MR) is 68.0 cm³/mol. The zero-order valence-corrected chi connectivity index (χ0v) is 11.8. The second-order valence-corrected chi connectivity index (χ2v) is 7.06. The molecule has 0 amide bonds. The van der Waals surface area contributed by atoms with Crippen LogP contribution < -0.4 is 0 Å². The predicted octanol–water partition coefficient (Wildman–Crippen LogP) is 1.90. The number of halogens is 1. The summed E-state index contributed by atoms with van der Waals surface area (Å²) in [6, 6.07) is 1.62. The first-order chi connectivity index (χ1) is 8.05. The number of hydrogen-bond acceptors (Lipinski definition) is 4. The molecule has 7 heteroatoms. The van der Waals surface area contributed by atoms with Gasteiger partial charge in [0.15, 0.2) is 0 Å². The maximum absolute atomic E-state index is 12.4. The molecule has 0 saturated carbocycles. The Bertz CT molecular complexity index is 485. The van der Waals surface area contributed by atoms with E-state index in [2.05, 4.69) is 0 Å². The normalized spacial score (nSPS) is 22.8. The number of sulfonamides is 1. The van der Waals surface area contributed by atoms with E-state index in [1.807, 2.05) is 6.92 Å². The van der Waals surface area contributed by atoms with Crippen molar-refractivity contribution in [2.75, 3.05) is 19.7 Å². The van der Waals surface area contributed by atoms with Crippen LogP contribution in [0.1, 0.15) is 11.8 Å². The molecule has 0 bridgehead atoms. The molecule has 1 atom stereocenters. The minimum Gasteiger partial charge on any atom is -0.376 e. The molecule has 2 rings (SSSR count). The highest BCUT2D eigenvalue weighted by atomic mass is 35.5. The Balaban J connectivity index is 2.30. The van der Waals surface area contributed by atoms with Gasteiger partial charge in [-0.25, -0.2) is 8.42 Å². The van der Waals surface area contributed by atoms with Gasteiger partial charge in [0.05, 0.1) is 23.5 Å². The van der Waals surface area contributed by atoms with E-state index in [1.165, 1.54) is 15.6 Å². The van der Waals surface area contributed by atoms with Gasteiger partial charge in [-0.15, -0.1) is 22.9 Å². The van der Waals surface area contributed by atoms with Gasteiger partial charge in [-0.2, -0.15) is 4.31 Å². The highest BCUT2D eigenvalue weighted by molar-refractivity contribution is 7.89. The summed E-state index contributed by atoms with van der Waals surface area (Å²) in [5, 5.41) is 1.76. The smallest absolute Gasteiger partial charge is 0.244 e. The van der Waals surface area contributed by atoms with Crippen molar-refractivity contribution in [2.24, 2.45) is 0 Å². The first-order valence-electron chi connectivity index (χ1n) is 5.30. The van der Waals surface area contributed by atoms with E-state index < -0.39 is 10.0 Å². The Labute approximate surface area is 110 Å². The first-order valence-corrected chi connectivity index (χ1v) is 8.15. The number of rotatable bonds is 3. The third-order valence-corrected chi connectivity index (χ3v) is 6.07. The standard InChI is InChI=1S/C10H14ClNO3S2/c1-8-7-12(3-4-15-8)17(13,14)10-2-5-16-9(10)6-11/h2,5,8H,3-4,6-7H2,1H3. The molecule has 4 nitrogen and oxygen atoms in total. The summed E-state index contributed by atoms with van der Waals surface area (Å²) in [7, 11) is -3.42. The van der Waals surface area contributed by atoms with E-state index in [0.29, 0.717) is 29.5 Å². The monoisotopic (exact) mass is 295 g/mol. The van der Waals surface area contributed by atoms with Gasteiger partial charge in [0.1, 0.15) is 0 Å². The summed E-state index contributed by atoms with van der Waals surface area (Å²) in [6.45, 7) is 3.13. The lowest BCUT2D eigenvalue weighted by molar-refractivity contribution is 0.0102. The summed E-state index contributed by atoms with van der Waals surface area (Å²) < 4.78 is 31.6. The molecule has 1 aromatic rings. The summed E-state index contributed by atoms with van der Waals surface area (Å²) in [6.07, 6.45) is -0.0587. The molecule has 0 aliphatic carbocycles. The quantitative estimate of drug-likeness (QED) is 0.800. The van der Waals surface area contributed by atoms with Crippen LogP contribution in [0.3, 0.4) is 0 Å². The second-order valence-electron chi connectivity index (χ2n) is 3.89. The van der Waals surface area contributed by atoms with Crippen LogP contribution in [0.25, 0.3) is 0 Å². The number of ether oxygens (including phenoxy) is 1. The van der Waals surface area contributed by atoms with Crippen LogP contribution in [0.4, 0.5) is 0 Å². The molecule has 1 saturated heterocycles. The van der Waals surface area contributed by atoms with Gasteiger partial charge in [-0.3, -0.25) is 0 Å². The summed E-state index contributed by atoms with van der Waals surface area (Å²) in [4.78, 5) is 1.04. The molecule has 0 radical (unpaired) electrons. The van der Waals surface area contributed by atoms with Gasteiger partial charge < -0.3 is 4.74 Å². The summed E-state index contributed by atoms with van der Waals surface area (Å²) >= 11 is 7.12. The average Bonchev–Trinajstić information content (AvgIpc) is 2.77. The van der Waals surface area contributed by atoms with Crippen molar-refractivity contribution in [1.82, 2.24) is 4.31 Å². The van der Waals surface area contributed by atoms with Gasteiger partial charge in [-0.1, -0.05) is 0 Å².